The summed E-state index contributed by atoms with van der Waals surface area (Å²) in [6.07, 6.45) is 6.99. The molecule has 27 heavy (non-hydrogen) atoms. The Morgan fingerprint density at radius 1 is 1.11 bits per heavy atom. The molecule has 0 unspecified atom stereocenters. The van der Waals surface area contributed by atoms with E-state index in [1.807, 2.05) is 0 Å². The minimum absolute atomic E-state index is 0.152. The number of nitrogens with one attached hydrogen (secondary N) is 1. The maximum Gasteiger partial charge on any atom is 0.243 e. The van der Waals surface area contributed by atoms with E-state index in [2.05, 4.69) is 5.32 Å². The minimum atomic E-state index is -3.58. The molecular formula is C20H30N2O4S. The predicted octanol–water partition coefficient (Wildman–Crippen LogP) is 2.29. The molecule has 1 amide bonds. The Hall–Kier alpha value is -1.44. The largest absolute Gasteiger partial charge is 0.388 e. The predicted molar refractivity (Wildman–Crippen MR) is 104 cm³/mol. The van der Waals surface area contributed by atoms with Gasteiger partial charge in [0.25, 0.3) is 0 Å². The molecule has 0 spiro atoms. The summed E-state index contributed by atoms with van der Waals surface area (Å²) in [5.41, 5.74) is -0.823. The van der Waals surface area contributed by atoms with Crippen molar-refractivity contribution in [2.45, 2.75) is 61.9 Å². The monoisotopic (exact) mass is 394 g/mol. The molecule has 6 nitrogen and oxygen atoms in total. The second kappa shape index (κ2) is 8.71. The van der Waals surface area contributed by atoms with Crippen molar-refractivity contribution in [2.24, 2.45) is 5.92 Å². The van der Waals surface area contributed by atoms with E-state index in [-0.39, 0.29) is 29.8 Å². The SMILES string of the molecule is O=C(NCC1(O)CCCCCC1)[C@@H]1CCCN(S(=O)(=O)c2ccccc2)C1. The average Bonchev–Trinajstić information content (AvgIpc) is 2.92. The first-order valence-corrected chi connectivity index (χ1v) is 11.4. The first-order valence-electron chi connectivity index (χ1n) is 9.96. The number of rotatable bonds is 5. The highest BCUT2D eigenvalue weighted by Crippen LogP contribution is 2.27. The molecule has 3 rings (SSSR count). The van der Waals surface area contributed by atoms with Crippen molar-refractivity contribution >= 4 is 15.9 Å². The lowest BCUT2D eigenvalue weighted by molar-refractivity contribution is -0.127. The number of amides is 1. The van der Waals surface area contributed by atoms with Gasteiger partial charge < -0.3 is 10.4 Å². The molecule has 1 aromatic rings. The van der Waals surface area contributed by atoms with Crippen LogP contribution >= 0.6 is 0 Å². The van der Waals surface area contributed by atoms with Gasteiger partial charge in [-0.25, -0.2) is 8.42 Å². The first kappa shape index (κ1) is 20.3. The molecule has 2 N–H and O–H groups in total. The van der Waals surface area contributed by atoms with E-state index in [1.165, 1.54) is 4.31 Å². The third-order valence-corrected chi connectivity index (χ3v) is 7.64. The molecule has 1 aromatic carbocycles. The summed E-state index contributed by atoms with van der Waals surface area (Å²) in [5.74, 6) is -0.521. The summed E-state index contributed by atoms with van der Waals surface area (Å²) in [4.78, 5) is 12.9. The molecule has 1 saturated heterocycles. The zero-order valence-corrected chi connectivity index (χ0v) is 16.6. The zero-order chi connectivity index (χ0) is 19.3. The van der Waals surface area contributed by atoms with Crippen molar-refractivity contribution in [3.63, 3.8) is 0 Å². The Kier molecular flexibility index (Phi) is 6.55. The molecule has 1 aliphatic carbocycles. The van der Waals surface area contributed by atoms with E-state index >= 15 is 0 Å². The van der Waals surface area contributed by atoms with Crippen LogP contribution in [0.3, 0.4) is 0 Å². The second-order valence-electron chi connectivity index (χ2n) is 7.87. The highest BCUT2D eigenvalue weighted by atomic mass is 32.2. The summed E-state index contributed by atoms with van der Waals surface area (Å²) >= 11 is 0. The number of aliphatic hydroxyl groups is 1. The van der Waals surface area contributed by atoms with Gasteiger partial charge in [0.2, 0.25) is 15.9 Å². The van der Waals surface area contributed by atoms with Crippen molar-refractivity contribution in [3.05, 3.63) is 30.3 Å². The van der Waals surface area contributed by atoms with Crippen LogP contribution in [0, 0.1) is 5.92 Å². The van der Waals surface area contributed by atoms with Gasteiger partial charge in [0.05, 0.1) is 16.4 Å². The highest BCUT2D eigenvalue weighted by Gasteiger charge is 2.34. The molecule has 1 aliphatic heterocycles. The number of hydrogen-bond acceptors (Lipinski definition) is 4. The van der Waals surface area contributed by atoms with Crippen LogP contribution < -0.4 is 5.32 Å². The van der Waals surface area contributed by atoms with E-state index < -0.39 is 15.6 Å². The molecule has 1 heterocycles. The van der Waals surface area contributed by atoms with Crippen molar-refractivity contribution in [1.82, 2.24) is 9.62 Å². The normalized spacial score (nSPS) is 24.1. The van der Waals surface area contributed by atoms with E-state index in [0.717, 1.165) is 25.7 Å². The number of nitrogens with zero attached hydrogens (tertiary/aromatic N) is 1. The molecule has 0 bridgehead atoms. The Labute approximate surface area is 162 Å². The molecule has 150 valence electrons. The van der Waals surface area contributed by atoms with Crippen molar-refractivity contribution in [3.8, 4) is 0 Å². The van der Waals surface area contributed by atoms with Crippen LogP contribution in [0.2, 0.25) is 0 Å². The van der Waals surface area contributed by atoms with Gasteiger partial charge in [-0.1, -0.05) is 43.9 Å². The Balaban J connectivity index is 1.59. The fourth-order valence-corrected chi connectivity index (χ4v) is 5.62. The van der Waals surface area contributed by atoms with E-state index in [0.29, 0.717) is 32.2 Å². The van der Waals surface area contributed by atoms with Crippen LogP contribution in [0.1, 0.15) is 51.4 Å². The third kappa shape index (κ3) is 5.09. The average molecular weight is 395 g/mol. The van der Waals surface area contributed by atoms with Crippen molar-refractivity contribution in [1.29, 1.82) is 0 Å². The van der Waals surface area contributed by atoms with Crippen LogP contribution in [-0.2, 0) is 14.8 Å². The van der Waals surface area contributed by atoms with Gasteiger partial charge in [0.15, 0.2) is 0 Å². The molecule has 1 atom stereocenters. The lowest BCUT2D eigenvalue weighted by atomic mass is 9.93. The zero-order valence-electron chi connectivity index (χ0n) is 15.8. The summed E-state index contributed by atoms with van der Waals surface area (Å²) in [5, 5.41) is 13.6. The number of carbonyl (C=O) groups is 1. The summed E-state index contributed by atoms with van der Waals surface area (Å²) < 4.78 is 27.0. The lowest BCUT2D eigenvalue weighted by Gasteiger charge is -2.32. The Bertz CT molecular complexity index is 728. The minimum Gasteiger partial charge on any atom is -0.388 e. The third-order valence-electron chi connectivity index (χ3n) is 5.76. The van der Waals surface area contributed by atoms with Crippen LogP contribution in [0.25, 0.3) is 0 Å². The topological polar surface area (TPSA) is 86.7 Å². The second-order valence-corrected chi connectivity index (χ2v) is 9.81. The molecule has 7 heteroatoms. The van der Waals surface area contributed by atoms with Gasteiger partial charge in [-0.2, -0.15) is 4.31 Å². The highest BCUT2D eigenvalue weighted by molar-refractivity contribution is 7.89. The Morgan fingerprint density at radius 2 is 1.78 bits per heavy atom. The molecular weight excluding hydrogens is 364 g/mol. The molecule has 0 radical (unpaired) electrons. The van der Waals surface area contributed by atoms with Gasteiger partial charge in [-0.3, -0.25) is 4.79 Å². The standard InChI is InChI=1S/C20H30N2O4S/c23-19(21-16-20(24)12-6-1-2-7-13-20)17-9-8-14-22(15-17)27(25,26)18-10-4-3-5-11-18/h3-5,10-11,17,24H,1-2,6-9,12-16H2,(H,21,23)/t17-/m1/s1. The van der Waals surface area contributed by atoms with Crippen LogP contribution in [-0.4, -0.2) is 49.0 Å². The lowest BCUT2D eigenvalue weighted by Crippen LogP contribution is -2.49. The fourth-order valence-electron chi connectivity index (χ4n) is 4.08. The Morgan fingerprint density at radius 3 is 2.44 bits per heavy atom. The van der Waals surface area contributed by atoms with Gasteiger partial charge in [0.1, 0.15) is 0 Å². The van der Waals surface area contributed by atoms with Crippen molar-refractivity contribution < 1.29 is 18.3 Å². The molecule has 2 aliphatic rings. The van der Waals surface area contributed by atoms with Gasteiger partial charge in [-0.05, 0) is 37.8 Å². The fraction of sp³-hybridized carbons (Fsp3) is 0.650. The quantitative estimate of drug-likeness (QED) is 0.750. The number of hydrogen-bond donors (Lipinski definition) is 2. The van der Waals surface area contributed by atoms with Crippen LogP contribution in [0.5, 0.6) is 0 Å². The maximum atomic E-state index is 12.8. The van der Waals surface area contributed by atoms with Gasteiger partial charge in [-0.15, -0.1) is 0 Å². The van der Waals surface area contributed by atoms with Crippen molar-refractivity contribution in [2.75, 3.05) is 19.6 Å². The van der Waals surface area contributed by atoms with E-state index in [1.54, 1.807) is 30.3 Å². The van der Waals surface area contributed by atoms with Crippen LogP contribution in [0.4, 0.5) is 0 Å². The number of piperidine rings is 1. The summed E-state index contributed by atoms with van der Waals surface area (Å²) in [6, 6.07) is 8.35. The molecule has 2 fully saturated rings. The van der Waals surface area contributed by atoms with Gasteiger partial charge in [0, 0.05) is 19.6 Å². The summed E-state index contributed by atoms with van der Waals surface area (Å²) in [7, 11) is -3.58. The number of carbonyl (C=O) groups excluding carboxylic acids is 1. The van der Waals surface area contributed by atoms with E-state index in [4.69, 9.17) is 0 Å². The maximum absolute atomic E-state index is 12.8. The first-order chi connectivity index (χ1) is 12.9. The molecule has 0 aromatic heterocycles. The van der Waals surface area contributed by atoms with E-state index in [9.17, 15) is 18.3 Å². The molecule has 1 saturated carbocycles. The van der Waals surface area contributed by atoms with Crippen LogP contribution in [0.15, 0.2) is 35.2 Å². The number of benzene rings is 1. The smallest absolute Gasteiger partial charge is 0.243 e. The van der Waals surface area contributed by atoms with Gasteiger partial charge >= 0.3 is 0 Å². The number of sulfonamides is 1. The summed E-state index contributed by atoms with van der Waals surface area (Å²) in [6.45, 7) is 0.889.